The summed E-state index contributed by atoms with van der Waals surface area (Å²) in [6.07, 6.45) is -1.61. The molecule has 2 saturated heterocycles. The van der Waals surface area contributed by atoms with Gasteiger partial charge in [-0.05, 0) is 18.8 Å². The SMILES string of the molecule is B[C@@H]1O[C@@]2(COB[C@@H]3O[C@H](CO)[C@H](O)[C@H]3O)CC3C[C@]31[C@@H]2O. The number of rotatable bonds is 5. The summed E-state index contributed by atoms with van der Waals surface area (Å²) < 4.78 is 17.0. The van der Waals surface area contributed by atoms with Gasteiger partial charge in [-0.15, -0.1) is 0 Å². The maximum atomic E-state index is 10.6. The van der Waals surface area contributed by atoms with Crippen LogP contribution in [0, 0.1) is 11.3 Å². The molecule has 4 rings (SSSR count). The van der Waals surface area contributed by atoms with Gasteiger partial charge in [-0.3, -0.25) is 0 Å². The fourth-order valence-electron chi connectivity index (χ4n) is 4.91. The predicted molar refractivity (Wildman–Crippen MR) is 78.2 cm³/mol. The Balaban J connectivity index is 1.33. The molecule has 1 spiro atoms. The van der Waals surface area contributed by atoms with Gasteiger partial charge in [0, 0.05) is 11.4 Å². The second-order valence-electron chi connectivity index (χ2n) is 7.34. The van der Waals surface area contributed by atoms with Crippen LogP contribution in [0.2, 0.25) is 0 Å². The van der Waals surface area contributed by atoms with Gasteiger partial charge in [0.15, 0.2) is 0 Å². The van der Waals surface area contributed by atoms with Crippen LogP contribution in [0.25, 0.3) is 0 Å². The first-order valence-electron chi connectivity index (χ1n) is 8.01. The summed E-state index contributed by atoms with van der Waals surface area (Å²) >= 11 is 0. The Bertz CT molecular complexity index is 468. The van der Waals surface area contributed by atoms with Gasteiger partial charge < -0.3 is 34.6 Å². The molecule has 122 valence electrons. The molecule has 2 heterocycles. The Morgan fingerprint density at radius 2 is 2.00 bits per heavy atom. The van der Waals surface area contributed by atoms with Gasteiger partial charge in [0.25, 0.3) is 0 Å². The molecule has 2 aliphatic carbocycles. The standard InChI is InChI=1S/C13H22B2O7/c14-11-13-2-5(13)1-12(22-11,10(13)19)4-20-15-9-8(18)7(17)6(3-16)21-9/h5-11,15-19H,1-4,14H2/t5?,6-,7+,8-,9-,10-,11-,12-,13-/m1/s1. The van der Waals surface area contributed by atoms with Gasteiger partial charge in [-0.2, -0.15) is 0 Å². The molecule has 4 aliphatic rings. The largest absolute Gasteiger partial charge is 0.433 e. The Kier molecular flexibility index (Phi) is 3.44. The quantitative estimate of drug-likeness (QED) is 0.387. The molecule has 2 saturated carbocycles. The third kappa shape index (κ3) is 1.84. The average Bonchev–Trinajstić information content (AvgIpc) is 3.05. The van der Waals surface area contributed by atoms with E-state index in [1.807, 2.05) is 7.85 Å². The van der Waals surface area contributed by atoms with Crippen molar-refractivity contribution in [2.45, 2.75) is 54.9 Å². The highest BCUT2D eigenvalue weighted by Crippen LogP contribution is 2.73. The van der Waals surface area contributed by atoms with Crippen LogP contribution in [0.15, 0.2) is 0 Å². The van der Waals surface area contributed by atoms with Gasteiger partial charge in [-0.1, -0.05) is 0 Å². The summed E-state index contributed by atoms with van der Waals surface area (Å²) in [5, 5.41) is 39.2. The Labute approximate surface area is 130 Å². The third-order valence-corrected chi connectivity index (χ3v) is 6.24. The monoisotopic (exact) mass is 312 g/mol. The van der Waals surface area contributed by atoms with E-state index in [4.69, 9.17) is 19.2 Å². The van der Waals surface area contributed by atoms with Crippen LogP contribution < -0.4 is 0 Å². The summed E-state index contributed by atoms with van der Waals surface area (Å²) in [4.78, 5) is 0. The van der Waals surface area contributed by atoms with Crippen molar-refractivity contribution >= 4 is 15.3 Å². The first-order valence-corrected chi connectivity index (χ1v) is 8.01. The molecule has 0 aromatic heterocycles. The lowest BCUT2D eigenvalue weighted by Gasteiger charge is -2.31. The Morgan fingerprint density at radius 1 is 1.23 bits per heavy atom. The minimum Gasteiger partial charge on any atom is -0.433 e. The zero-order valence-electron chi connectivity index (χ0n) is 12.6. The molecule has 7 nitrogen and oxygen atoms in total. The van der Waals surface area contributed by atoms with Crippen LogP contribution in [0.5, 0.6) is 0 Å². The van der Waals surface area contributed by atoms with Crippen molar-refractivity contribution in [3.8, 4) is 0 Å². The number of aliphatic hydroxyl groups excluding tert-OH is 4. The van der Waals surface area contributed by atoms with Crippen LogP contribution in [0.1, 0.15) is 12.8 Å². The summed E-state index contributed by atoms with van der Waals surface area (Å²) in [7, 11) is 2.11. The molecule has 4 fully saturated rings. The normalized spacial score (nSPS) is 58.8. The molecule has 0 radical (unpaired) electrons. The van der Waals surface area contributed by atoms with Crippen LogP contribution in [0.4, 0.5) is 0 Å². The lowest BCUT2D eigenvalue weighted by Crippen LogP contribution is -2.45. The first-order chi connectivity index (χ1) is 10.4. The number of hydrogen-bond acceptors (Lipinski definition) is 7. The van der Waals surface area contributed by atoms with Crippen molar-refractivity contribution in [3.05, 3.63) is 0 Å². The summed E-state index contributed by atoms with van der Waals surface area (Å²) in [6.45, 7) is -0.0918. The highest BCUT2D eigenvalue weighted by atomic mass is 16.6. The third-order valence-electron chi connectivity index (χ3n) is 6.24. The minimum atomic E-state index is -1.10. The van der Waals surface area contributed by atoms with E-state index in [0.717, 1.165) is 12.8 Å². The van der Waals surface area contributed by atoms with E-state index in [1.54, 1.807) is 0 Å². The lowest BCUT2D eigenvalue weighted by atomic mass is 9.81. The topological polar surface area (TPSA) is 109 Å². The van der Waals surface area contributed by atoms with Crippen molar-refractivity contribution in [3.63, 3.8) is 0 Å². The Hall–Kier alpha value is -0.150. The number of hydrogen-bond donors (Lipinski definition) is 4. The predicted octanol–water partition coefficient (Wildman–Crippen LogP) is -3.71. The van der Waals surface area contributed by atoms with Gasteiger partial charge in [0.05, 0.1) is 25.3 Å². The molecule has 0 aromatic rings. The lowest BCUT2D eigenvalue weighted by molar-refractivity contribution is -0.0974. The van der Waals surface area contributed by atoms with E-state index < -0.39 is 36.0 Å². The maximum Gasteiger partial charge on any atom is 0.307 e. The van der Waals surface area contributed by atoms with E-state index in [0.29, 0.717) is 5.92 Å². The molecule has 2 aliphatic heterocycles. The molecule has 9 heteroatoms. The van der Waals surface area contributed by atoms with Crippen LogP contribution >= 0.6 is 0 Å². The fraction of sp³-hybridized carbons (Fsp3) is 1.00. The van der Waals surface area contributed by atoms with Crippen molar-refractivity contribution in [2.75, 3.05) is 13.2 Å². The van der Waals surface area contributed by atoms with Crippen molar-refractivity contribution in [2.24, 2.45) is 11.3 Å². The van der Waals surface area contributed by atoms with Crippen molar-refractivity contribution in [1.29, 1.82) is 0 Å². The smallest absolute Gasteiger partial charge is 0.307 e. The molecular weight excluding hydrogens is 290 g/mol. The summed E-state index contributed by atoms with van der Waals surface area (Å²) in [6, 6.07) is -0.622. The van der Waals surface area contributed by atoms with Crippen LogP contribution in [0.3, 0.4) is 0 Å². The van der Waals surface area contributed by atoms with Crippen molar-refractivity contribution in [1.82, 2.24) is 0 Å². The van der Waals surface area contributed by atoms with E-state index in [-0.39, 0.29) is 32.1 Å². The average molecular weight is 312 g/mol. The molecule has 0 aromatic carbocycles. The summed E-state index contributed by atoms with van der Waals surface area (Å²) in [5.41, 5.74) is -0.703. The highest BCUT2D eigenvalue weighted by Gasteiger charge is 2.79. The zero-order valence-corrected chi connectivity index (χ0v) is 12.6. The van der Waals surface area contributed by atoms with Gasteiger partial charge in [0.2, 0.25) is 0 Å². The molecule has 2 bridgehead atoms. The molecule has 9 atom stereocenters. The summed E-state index contributed by atoms with van der Waals surface area (Å²) in [5.74, 6) is 0.531. The maximum absolute atomic E-state index is 10.6. The van der Waals surface area contributed by atoms with Gasteiger partial charge >= 0.3 is 7.48 Å². The van der Waals surface area contributed by atoms with Crippen molar-refractivity contribution < 1.29 is 34.6 Å². The first kappa shape index (κ1) is 15.4. The van der Waals surface area contributed by atoms with Gasteiger partial charge in [-0.25, -0.2) is 0 Å². The molecule has 4 N–H and O–H groups in total. The van der Waals surface area contributed by atoms with E-state index >= 15 is 0 Å². The minimum absolute atomic E-state index is 0.0544. The fourth-order valence-corrected chi connectivity index (χ4v) is 4.91. The van der Waals surface area contributed by atoms with E-state index in [1.165, 1.54) is 0 Å². The van der Waals surface area contributed by atoms with E-state index in [9.17, 15) is 15.3 Å². The second kappa shape index (κ2) is 4.92. The molecule has 1 unspecified atom stereocenters. The number of aliphatic hydroxyl groups is 4. The molecule has 22 heavy (non-hydrogen) atoms. The molecular formula is C13H22B2O7. The molecule has 0 amide bonds. The van der Waals surface area contributed by atoms with Crippen LogP contribution in [-0.4, -0.2) is 91.0 Å². The number of ether oxygens (including phenoxy) is 2. The number of fused-ring (bicyclic) bond motifs is 1. The van der Waals surface area contributed by atoms with Crippen LogP contribution in [-0.2, 0) is 14.1 Å². The zero-order chi connectivity index (χ0) is 15.7. The van der Waals surface area contributed by atoms with E-state index in [2.05, 4.69) is 0 Å². The second-order valence-corrected chi connectivity index (χ2v) is 7.34. The Morgan fingerprint density at radius 3 is 2.59 bits per heavy atom. The van der Waals surface area contributed by atoms with Gasteiger partial charge in [0.1, 0.15) is 31.8 Å². The highest BCUT2D eigenvalue weighted by molar-refractivity contribution is 6.29.